The Bertz CT molecular complexity index is 742. The molecule has 0 heterocycles. The molecule has 0 aliphatic rings. The summed E-state index contributed by atoms with van der Waals surface area (Å²) in [6.07, 6.45) is 0. The first kappa shape index (κ1) is 19.3. The summed E-state index contributed by atoms with van der Waals surface area (Å²) in [4.78, 5) is 24.0. The third kappa shape index (κ3) is 5.81. The van der Waals surface area contributed by atoms with Gasteiger partial charge in [-0.3, -0.25) is 9.59 Å². The maximum absolute atomic E-state index is 12.3. The molecular weight excluding hydrogens is 332 g/mol. The minimum Gasteiger partial charge on any atom is -0.496 e. The highest BCUT2D eigenvalue weighted by atomic mass is 16.5. The standard InChI is InChI=1S/C20H24N2O4/c1-14(2)12-21-19(23)13-26-16-10-8-15(9-11-16)22-20(24)17-6-4-5-7-18(17)25-3/h4-11,14H,12-13H2,1-3H3,(H,21,23)(H,22,24). The fraction of sp³-hybridized carbons (Fsp3) is 0.300. The Morgan fingerprint density at radius 1 is 1.04 bits per heavy atom. The third-order valence-corrected chi connectivity index (χ3v) is 3.54. The van der Waals surface area contributed by atoms with Gasteiger partial charge in [0.25, 0.3) is 11.8 Å². The number of amides is 2. The molecule has 0 aromatic heterocycles. The molecule has 0 aliphatic carbocycles. The van der Waals surface area contributed by atoms with Gasteiger partial charge in [-0.2, -0.15) is 0 Å². The average molecular weight is 356 g/mol. The zero-order valence-electron chi connectivity index (χ0n) is 15.2. The molecule has 0 aliphatic heterocycles. The first-order valence-corrected chi connectivity index (χ1v) is 8.43. The van der Waals surface area contributed by atoms with E-state index in [0.717, 1.165) is 0 Å². The highest BCUT2D eigenvalue weighted by Crippen LogP contribution is 2.20. The average Bonchev–Trinajstić information content (AvgIpc) is 2.65. The molecule has 0 atom stereocenters. The van der Waals surface area contributed by atoms with Crippen LogP contribution in [0.4, 0.5) is 5.69 Å². The number of carbonyl (C=O) groups excluding carboxylic acids is 2. The van der Waals surface area contributed by atoms with Crippen molar-refractivity contribution >= 4 is 17.5 Å². The van der Waals surface area contributed by atoms with Crippen molar-refractivity contribution in [3.05, 3.63) is 54.1 Å². The Balaban J connectivity index is 1.89. The second-order valence-corrected chi connectivity index (χ2v) is 6.17. The lowest BCUT2D eigenvalue weighted by molar-refractivity contribution is -0.123. The summed E-state index contributed by atoms with van der Waals surface area (Å²) in [5, 5.41) is 5.59. The maximum Gasteiger partial charge on any atom is 0.259 e. The van der Waals surface area contributed by atoms with E-state index < -0.39 is 0 Å². The van der Waals surface area contributed by atoms with Crippen LogP contribution in [0.2, 0.25) is 0 Å². The lowest BCUT2D eigenvalue weighted by Crippen LogP contribution is -2.31. The maximum atomic E-state index is 12.3. The third-order valence-electron chi connectivity index (χ3n) is 3.54. The van der Waals surface area contributed by atoms with Crippen LogP contribution in [0.1, 0.15) is 24.2 Å². The predicted molar refractivity (Wildman–Crippen MR) is 101 cm³/mol. The molecule has 138 valence electrons. The van der Waals surface area contributed by atoms with E-state index in [1.165, 1.54) is 7.11 Å². The van der Waals surface area contributed by atoms with Crippen molar-refractivity contribution in [1.29, 1.82) is 0 Å². The van der Waals surface area contributed by atoms with Gasteiger partial charge in [0, 0.05) is 12.2 Å². The highest BCUT2D eigenvalue weighted by molar-refractivity contribution is 6.06. The van der Waals surface area contributed by atoms with Crippen molar-refractivity contribution in [3.8, 4) is 11.5 Å². The zero-order chi connectivity index (χ0) is 18.9. The van der Waals surface area contributed by atoms with Gasteiger partial charge in [-0.05, 0) is 42.3 Å². The number of nitrogens with one attached hydrogen (secondary N) is 2. The Kier molecular flexibility index (Phi) is 7.02. The number of anilines is 1. The summed E-state index contributed by atoms with van der Waals surface area (Å²) < 4.78 is 10.6. The number of benzene rings is 2. The largest absolute Gasteiger partial charge is 0.496 e. The van der Waals surface area contributed by atoms with Crippen molar-refractivity contribution < 1.29 is 19.1 Å². The first-order chi connectivity index (χ1) is 12.5. The number of carbonyl (C=O) groups is 2. The minimum atomic E-state index is -0.260. The topological polar surface area (TPSA) is 76.7 Å². The molecule has 6 nitrogen and oxygen atoms in total. The predicted octanol–water partition coefficient (Wildman–Crippen LogP) is 3.10. The molecule has 0 bridgehead atoms. The Hall–Kier alpha value is -3.02. The van der Waals surface area contributed by atoms with Gasteiger partial charge in [-0.25, -0.2) is 0 Å². The molecule has 0 unspecified atom stereocenters. The Morgan fingerprint density at radius 3 is 2.38 bits per heavy atom. The van der Waals surface area contributed by atoms with Gasteiger partial charge < -0.3 is 20.1 Å². The van der Waals surface area contributed by atoms with Crippen molar-refractivity contribution in [2.24, 2.45) is 5.92 Å². The molecule has 2 N–H and O–H groups in total. The van der Waals surface area contributed by atoms with Crippen LogP contribution in [0.5, 0.6) is 11.5 Å². The van der Waals surface area contributed by atoms with Gasteiger partial charge in [0.1, 0.15) is 11.5 Å². The first-order valence-electron chi connectivity index (χ1n) is 8.43. The monoisotopic (exact) mass is 356 g/mol. The summed E-state index contributed by atoms with van der Waals surface area (Å²) >= 11 is 0. The van der Waals surface area contributed by atoms with Gasteiger partial charge in [-0.15, -0.1) is 0 Å². The number of rotatable bonds is 8. The van der Waals surface area contributed by atoms with E-state index in [4.69, 9.17) is 9.47 Å². The van der Waals surface area contributed by atoms with Crippen LogP contribution in [0.25, 0.3) is 0 Å². The molecule has 26 heavy (non-hydrogen) atoms. The van der Waals surface area contributed by atoms with Gasteiger partial charge in [-0.1, -0.05) is 26.0 Å². The molecule has 0 fully saturated rings. The van der Waals surface area contributed by atoms with E-state index in [0.29, 0.717) is 35.2 Å². The number of ether oxygens (including phenoxy) is 2. The Morgan fingerprint density at radius 2 is 1.73 bits per heavy atom. The number of methoxy groups -OCH3 is 1. The normalized spacial score (nSPS) is 10.3. The molecule has 2 aromatic carbocycles. The van der Waals surface area contributed by atoms with E-state index in [2.05, 4.69) is 10.6 Å². The van der Waals surface area contributed by atoms with Crippen LogP contribution in [-0.4, -0.2) is 32.1 Å². The van der Waals surface area contributed by atoms with Crippen LogP contribution in [0, 0.1) is 5.92 Å². The molecule has 0 saturated heterocycles. The number of para-hydroxylation sites is 1. The van der Waals surface area contributed by atoms with Crippen LogP contribution in [0.3, 0.4) is 0 Å². The lowest BCUT2D eigenvalue weighted by atomic mass is 10.2. The van der Waals surface area contributed by atoms with Crippen molar-refractivity contribution in [1.82, 2.24) is 5.32 Å². The van der Waals surface area contributed by atoms with E-state index in [1.807, 2.05) is 13.8 Å². The molecule has 2 rings (SSSR count). The lowest BCUT2D eigenvalue weighted by Gasteiger charge is -2.11. The van der Waals surface area contributed by atoms with Crippen LogP contribution in [-0.2, 0) is 4.79 Å². The number of hydrogen-bond donors (Lipinski definition) is 2. The van der Waals surface area contributed by atoms with Crippen molar-refractivity contribution in [3.63, 3.8) is 0 Å². The summed E-state index contributed by atoms with van der Waals surface area (Å²) in [6, 6.07) is 13.8. The summed E-state index contributed by atoms with van der Waals surface area (Å²) in [5.74, 6) is 1.04. The molecule has 0 spiro atoms. The molecule has 2 aromatic rings. The second kappa shape index (κ2) is 9.46. The van der Waals surface area contributed by atoms with Gasteiger partial charge >= 0.3 is 0 Å². The molecular formula is C20H24N2O4. The summed E-state index contributed by atoms with van der Waals surface area (Å²) in [6.45, 7) is 4.63. The van der Waals surface area contributed by atoms with E-state index in [1.54, 1.807) is 48.5 Å². The molecule has 0 radical (unpaired) electrons. The second-order valence-electron chi connectivity index (χ2n) is 6.17. The fourth-order valence-corrected chi connectivity index (χ4v) is 2.18. The van der Waals surface area contributed by atoms with Crippen molar-refractivity contribution in [2.75, 3.05) is 25.6 Å². The molecule has 0 saturated carbocycles. The quantitative estimate of drug-likeness (QED) is 0.762. The van der Waals surface area contributed by atoms with Crippen LogP contribution in [0.15, 0.2) is 48.5 Å². The van der Waals surface area contributed by atoms with E-state index in [-0.39, 0.29) is 18.4 Å². The van der Waals surface area contributed by atoms with Gasteiger partial charge in [0.15, 0.2) is 6.61 Å². The highest BCUT2D eigenvalue weighted by Gasteiger charge is 2.11. The zero-order valence-corrected chi connectivity index (χ0v) is 15.2. The van der Waals surface area contributed by atoms with E-state index >= 15 is 0 Å². The van der Waals surface area contributed by atoms with E-state index in [9.17, 15) is 9.59 Å². The van der Waals surface area contributed by atoms with Crippen LogP contribution >= 0.6 is 0 Å². The van der Waals surface area contributed by atoms with Crippen LogP contribution < -0.4 is 20.1 Å². The minimum absolute atomic E-state index is 0.0420. The van der Waals surface area contributed by atoms with Gasteiger partial charge in [0.05, 0.1) is 12.7 Å². The summed E-state index contributed by atoms with van der Waals surface area (Å²) in [7, 11) is 1.52. The molecule has 2 amide bonds. The van der Waals surface area contributed by atoms with Gasteiger partial charge in [0.2, 0.25) is 0 Å². The molecule has 6 heteroatoms. The SMILES string of the molecule is COc1ccccc1C(=O)Nc1ccc(OCC(=O)NCC(C)C)cc1. The number of hydrogen-bond acceptors (Lipinski definition) is 4. The van der Waals surface area contributed by atoms with Crippen molar-refractivity contribution in [2.45, 2.75) is 13.8 Å². The summed E-state index contributed by atoms with van der Waals surface area (Å²) in [5.41, 5.74) is 1.08. The fourth-order valence-electron chi connectivity index (χ4n) is 2.18. The Labute approximate surface area is 153 Å². The smallest absolute Gasteiger partial charge is 0.259 e.